The number of fused-ring (bicyclic) bond motifs is 6. The van der Waals surface area contributed by atoms with Crippen molar-refractivity contribution in [3.8, 4) is 0 Å². The summed E-state index contributed by atoms with van der Waals surface area (Å²) in [6.45, 7) is 0. The topological polar surface area (TPSA) is 0 Å². The lowest BCUT2D eigenvalue weighted by Crippen LogP contribution is -2.52. The number of hydrogen-bond donors (Lipinski definition) is 0. The second-order valence-corrected chi connectivity index (χ2v) is 27.1. The molecule has 0 fully saturated rings. The molecule has 1 aliphatic heterocycles. The van der Waals surface area contributed by atoms with Crippen LogP contribution in [-0.2, 0) is 0 Å². The summed E-state index contributed by atoms with van der Waals surface area (Å²) in [6, 6.07) is 0. The average molecular weight is 979 g/mol. The molecule has 0 amide bonds. The van der Waals surface area contributed by atoms with E-state index in [1.54, 1.807) is 44.2 Å². The van der Waals surface area contributed by atoms with E-state index in [-0.39, 0.29) is 11.8 Å². The van der Waals surface area contributed by atoms with E-state index in [0.717, 1.165) is 7.28 Å². The number of hydrogen-bond acceptors (Lipinski definition) is 0. The fraction of sp³-hybridized carbons (Fsp3) is 0.125. The molecular formula is C48H67B31. The van der Waals surface area contributed by atoms with Gasteiger partial charge in [0.1, 0.15) is 235 Å². The molecular weight excluding hydrogens is 912 g/mol. The third-order valence-corrected chi connectivity index (χ3v) is 24.9. The maximum absolute atomic E-state index is 2.58. The highest BCUT2D eigenvalue weighted by Gasteiger charge is 2.45. The molecule has 31 heteroatoms. The summed E-state index contributed by atoms with van der Waals surface area (Å²) in [4.78, 5) is 0. The van der Waals surface area contributed by atoms with Crippen molar-refractivity contribution in [1.29, 1.82) is 0 Å². The monoisotopic (exact) mass is 985 g/mol. The molecule has 10 rings (SSSR count). The fourth-order valence-electron chi connectivity index (χ4n) is 17.6. The first-order valence-electron chi connectivity index (χ1n) is 30.6. The summed E-state index contributed by atoms with van der Waals surface area (Å²) in [7, 11) is 74.8. The Balaban J connectivity index is 1.41. The van der Waals surface area contributed by atoms with Gasteiger partial charge in [-0.2, -0.15) is 0 Å². The zero-order chi connectivity index (χ0) is 58.4. The molecule has 6 unspecified atom stereocenters. The molecule has 4 aliphatic rings. The van der Waals surface area contributed by atoms with Crippen LogP contribution < -0.4 is 104 Å². The molecule has 0 N–H and O–H groups in total. The van der Waals surface area contributed by atoms with Gasteiger partial charge in [0, 0.05) is 11.8 Å². The molecule has 3 aliphatic carbocycles. The number of allylic oxidation sites excluding steroid dienone is 12. The molecule has 0 bridgehead atoms. The second-order valence-electron chi connectivity index (χ2n) is 27.1. The van der Waals surface area contributed by atoms with E-state index in [0.29, 0.717) is 23.3 Å². The lowest BCUT2D eigenvalue weighted by atomic mass is 9.45. The van der Waals surface area contributed by atoms with Crippen molar-refractivity contribution in [3.05, 3.63) is 77.1 Å². The normalized spacial score (nSPS) is 21.5. The third kappa shape index (κ3) is 7.78. The standard InChI is InChI=1S/C48H67B31/c49-17-12-15(32(64)41(73)40(72)29(12)61)33(65)48-16(17)10-8(23(55)44(76)46(78)47(10)79-48)2-5-3(18(50)34(66)36(68)20(5)52)1(4-6(2)21(53)37(69)35(67)19(4)51)7-9(24(56)39(71)38(70)22(7)54)11-25(57)27(59)13(28(60)26(11)58)14-30(62)42(74)45(77)43(75)31(14)63/h9-10,24,42,45,47,79H,49-78H2. The van der Waals surface area contributed by atoms with Gasteiger partial charge in [-0.05, 0) is 77.4 Å². The van der Waals surface area contributed by atoms with Crippen LogP contribution in [0, 0.1) is 0 Å². The Morgan fingerprint density at radius 1 is 0.241 bits per heavy atom. The Morgan fingerprint density at radius 3 is 1.00 bits per heavy atom. The lowest BCUT2D eigenvalue weighted by molar-refractivity contribution is 0.866. The zero-order valence-electron chi connectivity index (χ0n) is 55.2. The van der Waals surface area contributed by atoms with E-state index >= 15 is 0 Å². The predicted octanol–water partition coefficient (Wildman–Crippen LogP) is -32.0. The van der Waals surface area contributed by atoms with Crippen LogP contribution in [-0.4, -0.2) is 243 Å². The van der Waals surface area contributed by atoms with Crippen LogP contribution >= 0.6 is 0 Å². The van der Waals surface area contributed by atoms with Crippen molar-refractivity contribution in [1.82, 2.24) is 0 Å². The van der Waals surface area contributed by atoms with Crippen LogP contribution in [0.1, 0.15) is 39.7 Å². The van der Waals surface area contributed by atoms with Gasteiger partial charge >= 0.3 is 0 Å². The molecule has 6 atom stereocenters. The molecule has 1 heterocycles. The molecule has 0 saturated heterocycles. The van der Waals surface area contributed by atoms with Gasteiger partial charge in [-0.25, -0.2) is 0 Å². The fourth-order valence-corrected chi connectivity index (χ4v) is 17.6. The highest BCUT2D eigenvalue weighted by atomic mass is 14.4. The van der Waals surface area contributed by atoms with Gasteiger partial charge in [0.05, 0.1) is 0 Å². The molecule has 0 aromatic heterocycles. The molecule has 0 radical (unpaired) electrons. The molecule has 0 nitrogen and oxygen atoms in total. The van der Waals surface area contributed by atoms with Gasteiger partial charge < -0.3 is 0 Å². The van der Waals surface area contributed by atoms with E-state index in [1.807, 2.05) is 0 Å². The van der Waals surface area contributed by atoms with Crippen LogP contribution in [0.2, 0.25) is 23.3 Å². The summed E-state index contributed by atoms with van der Waals surface area (Å²) in [5.41, 5.74) is 53.6. The average Bonchev–Trinajstić information content (AvgIpc) is 3.83. The Kier molecular flexibility index (Phi) is 15.0. The molecule has 352 valence electrons. The van der Waals surface area contributed by atoms with Crippen LogP contribution in [0.3, 0.4) is 0 Å². The summed E-state index contributed by atoms with van der Waals surface area (Å²) in [5, 5.41) is 8.95. The zero-order valence-corrected chi connectivity index (χ0v) is 55.2. The van der Waals surface area contributed by atoms with E-state index in [4.69, 9.17) is 0 Å². The number of rotatable bonds is 4. The van der Waals surface area contributed by atoms with E-state index in [2.05, 4.69) is 235 Å². The third-order valence-electron chi connectivity index (χ3n) is 24.9. The van der Waals surface area contributed by atoms with Crippen molar-refractivity contribution >= 4 is 395 Å². The Morgan fingerprint density at radius 2 is 0.582 bits per heavy atom. The first-order valence-corrected chi connectivity index (χ1v) is 30.6. The van der Waals surface area contributed by atoms with Crippen LogP contribution in [0.15, 0.2) is 49.3 Å². The second kappa shape index (κ2) is 20.1. The van der Waals surface area contributed by atoms with Crippen molar-refractivity contribution in [2.75, 3.05) is 0 Å². The quantitative estimate of drug-likeness (QED) is 0.122. The molecule has 6 aromatic carbocycles. The smallest absolute Gasteiger partial charge is 0.120 e. The van der Waals surface area contributed by atoms with Crippen molar-refractivity contribution in [2.45, 2.75) is 35.1 Å². The van der Waals surface area contributed by atoms with E-state index < -0.39 is 0 Å². The van der Waals surface area contributed by atoms with Crippen LogP contribution in [0.25, 0.3) is 49.0 Å². The summed E-state index contributed by atoms with van der Waals surface area (Å²) in [5.74, 6) is 2.14. The van der Waals surface area contributed by atoms with E-state index in [9.17, 15) is 0 Å². The van der Waals surface area contributed by atoms with Crippen molar-refractivity contribution in [2.24, 2.45) is 0 Å². The van der Waals surface area contributed by atoms with Gasteiger partial charge in [0.25, 0.3) is 0 Å². The van der Waals surface area contributed by atoms with Crippen LogP contribution in [0.5, 0.6) is 0 Å². The summed E-state index contributed by atoms with van der Waals surface area (Å²) >= 11 is 0. The highest BCUT2D eigenvalue weighted by Crippen LogP contribution is 2.56. The van der Waals surface area contributed by atoms with Crippen molar-refractivity contribution < 1.29 is 0 Å². The minimum atomic E-state index is 0.154. The van der Waals surface area contributed by atoms with Gasteiger partial charge in [-0.15, -0.1) is 65.6 Å². The lowest BCUT2D eigenvalue weighted by Gasteiger charge is -2.42. The first kappa shape index (κ1) is 58.7. The SMILES string of the molecule is BC1=C(B)C(B)C(B)C(B)=C1c1c(B)c(B)c(C2C(c3c4c(B)c(B)c(B)c(B)c4c(C4=C(B)C(B)=C(B)C5Bc6c(c(B)c7c(B)c(B)c(B)c(B)c7c6B)C45)c4c(B)c(B)c(B)c(B)c34)=C(B)C(B)=C(B)C2B)c(B)c1B. The van der Waals surface area contributed by atoms with Gasteiger partial charge in [0.15, 0.2) is 7.28 Å². The van der Waals surface area contributed by atoms with Gasteiger partial charge in [0.2, 0.25) is 0 Å². The maximum atomic E-state index is 2.58. The first-order chi connectivity index (χ1) is 36.8. The van der Waals surface area contributed by atoms with Crippen molar-refractivity contribution in [3.63, 3.8) is 0 Å². The largest absolute Gasteiger partial charge is 0.164 e. The summed E-state index contributed by atoms with van der Waals surface area (Å²) < 4.78 is 0. The van der Waals surface area contributed by atoms with Gasteiger partial charge in [-0.3, -0.25) is 0 Å². The van der Waals surface area contributed by atoms with Gasteiger partial charge in [-0.1, -0.05) is 110 Å². The summed E-state index contributed by atoms with van der Waals surface area (Å²) in [6.07, 6.45) is 0. The Bertz CT molecular complexity index is 4030. The van der Waals surface area contributed by atoms with E-state index in [1.165, 1.54) is 186 Å². The highest BCUT2D eigenvalue weighted by molar-refractivity contribution is 6.77. The minimum absolute atomic E-state index is 0.154. The molecule has 0 saturated carbocycles. The predicted molar refractivity (Wildman–Crippen MR) is 451 cm³/mol. The minimum Gasteiger partial charge on any atom is -0.120 e. The Hall–Kier alpha value is -3.45. The number of benzene rings is 6. The molecule has 0 spiro atoms. The Labute approximate surface area is 504 Å². The maximum Gasteiger partial charge on any atom is 0.164 e. The molecule has 6 aromatic rings. The van der Waals surface area contributed by atoms with Crippen LogP contribution in [0.4, 0.5) is 0 Å². The molecule has 79 heavy (non-hydrogen) atoms.